The van der Waals surface area contributed by atoms with E-state index in [1.807, 2.05) is 27.0 Å². The van der Waals surface area contributed by atoms with Gasteiger partial charge in [-0.3, -0.25) is 0 Å². The molecule has 0 aliphatic rings. The average molecular weight is 263 g/mol. The van der Waals surface area contributed by atoms with E-state index in [0.717, 1.165) is 28.6 Å². The maximum atomic E-state index is 5.87. The number of nitrogens with one attached hydrogen (secondary N) is 1. The molecule has 3 N–H and O–H groups in total. The molecule has 0 amide bonds. The molecule has 18 heavy (non-hydrogen) atoms. The molecule has 0 atom stereocenters. The second-order valence-electron chi connectivity index (χ2n) is 4.07. The first-order chi connectivity index (χ1) is 8.60. The molecule has 0 unspecified atom stereocenters. The zero-order chi connectivity index (χ0) is 13.1. The fourth-order valence-corrected chi connectivity index (χ4v) is 2.28. The van der Waals surface area contributed by atoms with Crippen LogP contribution in [0, 0.1) is 13.8 Å². The summed E-state index contributed by atoms with van der Waals surface area (Å²) in [5, 5.41) is 4.32. The van der Waals surface area contributed by atoms with Gasteiger partial charge in [0.2, 0.25) is 0 Å². The highest BCUT2D eigenvalue weighted by Gasteiger charge is 2.08. The summed E-state index contributed by atoms with van der Waals surface area (Å²) in [6, 6.07) is 0. The van der Waals surface area contributed by atoms with Crippen molar-refractivity contribution in [1.29, 1.82) is 0 Å². The number of nitrogen functional groups attached to an aromatic ring is 1. The highest BCUT2D eigenvalue weighted by molar-refractivity contribution is 7.11. The summed E-state index contributed by atoms with van der Waals surface area (Å²) in [6.07, 6.45) is 2.65. The maximum absolute atomic E-state index is 5.87. The number of thiazole rings is 1. The predicted molar refractivity (Wildman–Crippen MR) is 74.7 cm³/mol. The molecule has 0 aliphatic heterocycles. The van der Waals surface area contributed by atoms with Crippen LogP contribution in [0.15, 0.2) is 6.20 Å². The van der Waals surface area contributed by atoms with Crippen LogP contribution in [0.2, 0.25) is 0 Å². The first-order valence-electron chi connectivity index (χ1n) is 5.88. The van der Waals surface area contributed by atoms with Crippen molar-refractivity contribution in [2.75, 3.05) is 11.1 Å². The first-order valence-corrected chi connectivity index (χ1v) is 6.70. The minimum absolute atomic E-state index is 0.541. The maximum Gasteiger partial charge on any atom is 0.135 e. The molecule has 0 aromatic carbocycles. The summed E-state index contributed by atoms with van der Waals surface area (Å²) in [4.78, 5) is 14.2. The van der Waals surface area contributed by atoms with Gasteiger partial charge in [-0.15, -0.1) is 11.3 Å². The summed E-state index contributed by atoms with van der Waals surface area (Å²) < 4.78 is 0. The van der Waals surface area contributed by atoms with E-state index < -0.39 is 0 Å². The molecular formula is C12H17N5S. The summed E-state index contributed by atoms with van der Waals surface area (Å²) in [7, 11) is 0. The van der Waals surface area contributed by atoms with E-state index in [0.29, 0.717) is 12.4 Å². The minimum Gasteiger partial charge on any atom is -0.383 e. The molecule has 0 bridgehead atoms. The van der Waals surface area contributed by atoms with Gasteiger partial charge in [-0.25, -0.2) is 15.0 Å². The third-order valence-corrected chi connectivity index (χ3v) is 3.53. The lowest BCUT2D eigenvalue weighted by Gasteiger charge is -2.10. The van der Waals surface area contributed by atoms with Gasteiger partial charge in [0.25, 0.3) is 0 Å². The number of rotatable bonds is 4. The van der Waals surface area contributed by atoms with Crippen molar-refractivity contribution in [3.8, 4) is 0 Å². The molecular weight excluding hydrogens is 246 g/mol. The predicted octanol–water partition coefficient (Wildman–Crippen LogP) is 2.31. The van der Waals surface area contributed by atoms with Crippen molar-refractivity contribution in [2.45, 2.75) is 33.7 Å². The molecule has 0 saturated heterocycles. The number of aryl methyl sites for hydroxylation is 2. The molecule has 2 aromatic heterocycles. The van der Waals surface area contributed by atoms with Gasteiger partial charge in [-0.2, -0.15) is 0 Å². The van der Waals surface area contributed by atoms with Gasteiger partial charge in [0.15, 0.2) is 0 Å². The Labute approximate surface area is 111 Å². The molecule has 6 heteroatoms. The van der Waals surface area contributed by atoms with Crippen molar-refractivity contribution in [1.82, 2.24) is 15.0 Å². The molecule has 5 nitrogen and oxygen atoms in total. The van der Waals surface area contributed by atoms with Crippen LogP contribution in [-0.2, 0) is 13.0 Å². The summed E-state index contributed by atoms with van der Waals surface area (Å²) in [5.74, 6) is 2.10. The molecule has 2 heterocycles. The van der Waals surface area contributed by atoms with Crippen molar-refractivity contribution in [3.63, 3.8) is 0 Å². The van der Waals surface area contributed by atoms with Gasteiger partial charge in [0.1, 0.15) is 22.5 Å². The van der Waals surface area contributed by atoms with Gasteiger partial charge in [0.05, 0.1) is 6.54 Å². The lowest BCUT2D eigenvalue weighted by Crippen LogP contribution is -2.09. The Hall–Kier alpha value is -1.69. The highest BCUT2D eigenvalue weighted by Crippen LogP contribution is 2.19. The van der Waals surface area contributed by atoms with Crippen LogP contribution in [0.3, 0.4) is 0 Å². The third kappa shape index (κ3) is 2.76. The van der Waals surface area contributed by atoms with E-state index in [2.05, 4.69) is 20.3 Å². The fraction of sp³-hybridized carbons (Fsp3) is 0.417. The smallest absolute Gasteiger partial charge is 0.135 e. The minimum atomic E-state index is 0.541. The second-order valence-corrected chi connectivity index (χ2v) is 5.39. The zero-order valence-corrected chi connectivity index (χ0v) is 11.6. The number of hydrogen-bond acceptors (Lipinski definition) is 6. The Bertz CT molecular complexity index is 549. The Morgan fingerprint density at radius 3 is 2.72 bits per heavy atom. The van der Waals surface area contributed by atoms with E-state index in [9.17, 15) is 0 Å². The van der Waals surface area contributed by atoms with Crippen LogP contribution >= 0.6 is 11.3 Å². The van der Waals surface area contributed by atoms with Crippen molar-refractivity contribution in [3.05, 3.63) is 27.5 Å². The highest BCUT2D eigenvalue weighted by atomic mass is 32.1. The van der Waals surface area contributed by atoms with Gasteiger partial charge in [0, 0.05) is 23.1 Å². The number of aromatic nitrogens is 3. The Balaban J connectivity index is 2.15. The van der Waals surface area contributed by atoms with Crippen LogP contribution in [0.1, 0.15) is 28.2 Å². The molecule has 0 aliphatic carbocycles. The van der Waals surface area contributed by atoms with Gasteiger partial charge in [-0.05, 0) is 13.8 Å². The SMILES string of the molecule is CCc1nc(N)c(C)c(NCc2ncc(C)s2)n1. The normalized spacial score (nSPS) is 10.6. The lowest BCUT2D eigenvalue weighted by molar-refractivity contribution is 0.927. The van der Waals surface area contributed by atoms with E-state index in [1.54, 1.807) is 11.3 Å². The molecule has 0 saturated carbocycles. The van der Waals surface area contributed by atoms with E-state index in [1.165, 1.54) is 4.88 Å². The van der Waals surface area contributed by atoms with Crippen LogP contribution in [-0.4, -0.2) is 15.0 Å². The number of nitrogens with zero attached hydrogens (tertiary/aromatic N) is 3. The summed E-state index contributed by atoms with van der Waals surface area (Å²) in [6.45, 7) is 6.64. The Morgan fingerprint density at radius 1 is 1.33 bits per heavy atom. The Morgan fingerprint density at radius 2 is 2.11 bits per heavy atom. The zero-order valence-electron chi connectivity index (χ0n) is 10.8. The first kappa shape index (κ1) is 12.8. The van der Waals surface area contributed by atoms with Gasteiger partial charge in [-0.1, -0.05) is 6.92 Å². The van der Waals surface area contributed by atoms with Gasteiger partial charge < -0.3 is 11.1 Å². The van der Waals surface area contributed by atoms with E-state index in [-0.39, 0.29) is 0 Å². The Kier molecular flexibility index (Phi) is 3.76. The van der Waals surface area contributed by atoms with Crippen LogP contribution in [0.25, 0.3) is 0 Å². The van der Waals surface area contributed by atoms with Crippen LogP contribution in [0.5, 0.6) is 0 Å². The standard InChI is InChI=1S/C12H17N5S/c1-4-9-16-11(13)8(3)12(17-9)15-6-10-14-5-7(2)18-10/h5H,4,6H2,1-3H3,(H3,13,15,16,17). The molecule has 2 rings (SSSR count). The van der Waals surface area contributed by atoms with Crippen molar-refractivity contribution >= 4 is 23.0 Å². The van der Waals surface area contributed by atoms with Crippen molar-refractivity contribution in [2.24, 2.45) is 0 Å². The van der Waals surface area contributed by atoms with E-state index in [4.69, 9.17) is 5.73 Å². The number of hydrogen-bond donors (Lipinski definition) is 2. The lowest BCUT2D eigenvalue weighted by atomic mass is 10.3. The largest absolute Gasteiger partial charge is 0.383 e. The molecule has 2 aromatic rings. The molecule has 0 fully saturated rings. The second kappa shape index (κ2) is 5.30. The third-order valence-electron chi connectivity index (χ3n) is 2.62. The van der Waals surface area contributed by atoms with E-state index >= 15 is 0 Å². The van der Waals surface area contributed by atoms with Crippen LogP contribution < -0.4 is 11.1 Å². The average Bonchev–Trinajstić information content (AvgIpc) is 2.77. The quantitative estimate of drug-likeness (QED) is 0.885. The summed E-state index contributed by atoms with van der Waals surface area (Å²) >= 11 is 1.68. The van der Waals surface area contributed by atoms with Crippen molar-refractivity contribution < 1.29 is 0 Å². The molecule has 0 radical (unpaired) electrons. The topological polar surface area (TPSA) is 76.7 Å². The fourth-order valence-electron chi connectivity index (χ4n) is 1.55. The summed E-state index contributed by atoms with van der Waals surface area (Å²) in [5.41, 5.74) is 6.76. The number of anilines is 2. The monoisotopic (exact) mass is 263 g/mol. The van der Waals surface area contributed by atoms with Gasteiger partial charge >= 0.3 is 0 Å². The molecule has 0 spiro atoms. The molecule has 96 valence electrons. The van der Waals surface area contributed by atoms with Crippen LogP contribution in [0.4, 0.5) is 11.6 Å². The number of nitrogens with two attached hydrogens (primary N) is 1.